The Bertz CT molecular complexity index is 383. The van der Waals surface area contributed by atoms with Gasteiger partial charge in [-0.25, -0.2) is 0 Å². The molecule has 0 saturated carbocycles. The molecule has 1 aromatic carbocycles. The van der Waals surface area contributed by atoms with Crippen molar-refractivity contribution in [3.8, 4) is 0 Å². The first-order chi connectivity index (χ1) is 6.61. The highest BCUT2D eigenvalue weighted by atomic mass is 35.5. The monoisotopic (exact) mass is 231 g/mol. The van der Waals surface area contributed by atoms with Crippen LogP contribution in [0.2, 0.25) is 10.0 Å². The van der Waals surface area contributed by atoms with E-state index in [1.165, 1.54) is 0 Å². The quantitative estimate of drug-likeness (QED) is 0.371. The summed E-state index contributed by atoms with van der Waals surface area (Å²) in [6.45, 7) is 0. The Morgan fingerprint density at radius 1 is 1.36 bits per heavy atom. The molecular formula is C8H9Cl2N4+. The van der Waals surface area contributed by atoms with Gasteiger partial charge in [-0.15, -0.1) is 5.10 Å². The Kier molecular flexibility index (Phi) is 3.73. The number of rotatable bonds is 2. The normalized spacial score (nSPS) is 10.4. The topological polar surface area (TPSA) is 78.4 Å². The highest BCUT2D eigenvalue weighted by Crippen LogP contribution is 2.23. The van der Waals surface area contributed by atoms with Crippen molar-refractivity contribution < 1.29 is 5.10 Å². The summed E-state index contributed by atoms with van der Waals surface area (Å²) < 4.78 is 0. The van der Waals surface area contributed by atoms with Gasteiger partial charge in [0.05, 0.1) is 15.6 Å². The van der Waals surface area contributed by atoms with Gasteiger partial charge in [0.1, 0.15) is 0 Å². The number of nitrogens with one attached hydrogen (secondary N) is 1. The molecule has 0 heterocycles. The molecule has 0 radical (unpaired) electrons. The first-order valence-electron chi connectivity index (χ1n) is 3.72. The molecule has 1 aromatic rings. The predicted octanol–water partition coefficient (Wildman–Crippen LogP) is -0.319. The third-order valence-electron chi connectivity index (χ3n) is 1.40. The number of halogens is 2. The van der Waals surface area contributed by atoms with Gasteiger partial charge >= 0.3 is 0 Å². The van der Waals surface area contributed by atoms with Crippen LogP contribution in [-0.4, -0.2) is 12.2 Å². The summed E-state index contributed by atoms with van der Waals surface area (Å²) in [6, 6.07) is 5.25. The molecule has 6 heteroatoms. The molecule has 1 rings (SSSR count). The van der Waals surface area contributed by atoms with Crippen LogP contribution in [0, 0.1) is 0 Å². The third-order valence-corrected chi connectivity index (χ3v) is 2.23. The van der Waals surface area contributed by atoms with E-state index < -0.39 is 0 Å². The van der Waals surface area contributed by atoms with Crippen molar-refractivity contribution in [1.82, 2.24) is 0 Å². The molecule has 0 saturated heterocycles. The van der Waals surface area contributed by atoms with Gasteiger partial charge in [-0.1, -0.05) is 29.3 Å². The van der Waals surface area contributed by atoms with Crippen molar-refractivity contribution in [2.75, 3.05) is 0 Å². The van der Waals surface area contributed by atoms with Crippen LogP contribution in [0.25, 0.3) is 0 Å². The number of nitrogens with two attached hydrogens (primary N) is 2. The van der Waals surface area contributed by atoms with E-state index in [0.29, 0.717) is 15.6 Å². The van der Waals surface area contributed by atoms with E-state index in [4.69, 9.17) is 34.7 Å². The van der Waals surface area contributed by atoms with E-state index in [2.05, 4.69) is 10.2 Å². The van der Waals surface area contributed by atoms with Crippen molar-refractivity contribution in [3.63, 3.8) is 0 Å². The van der Waals surface area contributed by atoms with Crippen molar-refractivity contribution in [2.24, 2.45) is 16.6 Å². The Morgan fingerprint density at radius 3 is 2.71 bits per heavy atom. The Hall–Kier alpha value is -1.26. The fourth-order valence-corrected chi connectivity index (χ4v) is 1.17. The standard InChI is InChI=1S/C8H8Cl2N4/c9-6-3-1-2-5(7(6)10)4-13-14-8(11)12/h1-4H,(H4,11,12,14)/p+1/b13-4+. The molecule has 0 aromatic heterocycles. The first kappa shape index (κ1) is 10.8. The molecule has 14 heavy (non-hydrogen) atoms. The maximum atomic E-state index is 5.89. The van der Waals surface area contributed by atoms with E-state index in [9.17, 15) is 0 Å². The van der Waals surface area contributed by atoms with Gasteiger partial charge in [-0.05, 0) is 12.1 Å². The summed E-state index contributed by atoms with van der Waals surface area (Å²) in [5, 5.41) is 7.02. The van der Waals surface area contributed by atoms with E-state index in [-0.39, 0.29) is 5.96 Å². The molecule has 0 unspecified atom stereocenters. The van der Waals surface area contributed by atoms with Gasteiger partial charge < -0.3 is 11.5 Å². The first-order valence-corrected chi connectivity index (χ1v) is 4.48. The van der Waals surface area contributed by atoms with E-state index in [1.54, 1.807) is 24.4 Å². The largest absolute Gasteiger partial charge is 0.365 e. The summed E-state index contributed by atoms with van der Waals surface area (Å²) >= 11 is 11.7. The average Bonchev–Trinajstić information content (AvgIpc) is 2.12. The minimum Gasteiger partial charge on any atom is -0.365 e. The van der Waals surface area contributed by atoms with E-state index in [1.807, 2.05) is 0 Å². The smallest absolute Gasteiger partial charge is 0.256 e. The number of guanidine groups is 1. The van der Waals surface area contributed by atoms with E-state index in [0.717, 1.165) is 0 Å². The van der Waals surface area contributed by atoms with Gasteiger partial charge in [-0.3, -0.25) is 0 Å². The SMILES string of the molecule is NC(N)=N/[NH+]=C/c1cccc(Cl)c1Cl. The molecular weight excluding hydrogens is 223 g/mol. The zero-order chi connectivity index (χ0) is 10.6. The minimum absolute atomic E-state index is 0.0561. The van der Waals surface area contributed by atoms with Crippen LogP contribution in [0.4, 0.5) is 0 Å². The Labute approximate surface area is 91.2 Å². The van der Waals surface area contributed by atoms with E-state index >= 15 is 0 Å². The predicted molar refractivity (Wildman–Crippen MR) is 58.4 cm³/mol. The van der Waals surface area contributed by atoms with Gasteiger partial charge in [0, 0.05) is 5.10 Å². The Morgan fingerprint density at radius 2 is 2.07 bits per heavy atom. The summed E-state index contributed by atoms with van der Waals surface area (Å²) in [7, 11) is 0. The number of hydrogen-bond donors (Lipinski definition) is 3. The molecule has 74 valence electrons. The van der Waals surface area contributed by atoms with Crippen LogP contribution in [0.1, 0.15) is 5.56 Å². The average molecular weight is 232 g/mol. The highest BCUT2D eigenvalue weighted by Gasteiger charge is 2.03. The van der Waals surface area contributed by atoms with Gasteiger partial charge in [0.25, 0.3) is 5.96 Å². The lowest BCUT2D eigenvalue weighted by molar-refractivity contribution is -0.456. The van der Waals surface area contributed by atoms with Gasteiger partial charge in [0.2, 0.25) is 6.21 Å². The van der Waals surface area contributed by atoms with Crippen molar-refractivity contribution >= 4 is 35.4 Å². The molecule has 0 bridgehead atoms. The third kappa shape index (κ3) is 2.90. The number of nitrogens with zero attached hydrogens (tertiary/aromatic N) is 1. The molecule has 4 nitrogen and oxygen atoms in total. The zero-order valence-electron chi connectivity index (χ0n) is 7.17. The van der Waals surface area contributed by atoms with Crippen molar-refractivity contribution in [3.05, 3.63) is 33.8 Å². The highest BCUT2D eigenvalue weighted by molar-refractivity contribution is 6.43. The lowest BCUT2D eigenvalue weighted by Gasteiger charge is -1.95. The number of hydrazone groups is 1. The summed E-state index contributed by atoms with van der Waals surface area (Å²) in [5.74, 6) is -0.0561. The lowest BCUT2D eigenvalue weighted by atomic mass is 10.2. The second-order valence-corrected chi connectivity index (χ2v) is 3.24. The van der Waals surface area contributed by atoms with Gasteiger partial charge in [-0.2, -0.15) is 0 Å². The maximum Gasteiger partial charge on any atom is 0.256 e. The molecule has 0 aliphatic rings. The Balaban J connectivity index is 2.92. The lowest BCUT2D eigenvalue weighted by Crippen LogP contribution is -2.63. The number of hydrogen-bond acceptors (Lipinski definition) is 1. The molecule has 0 aliphatic heterocycles. The van der Waals surface area contributed by atoms with Crippen LogP contribution >= 0.6 is 23.2 Å². The molecule has 0 aliphatic carbocycles. The zero-order valence-corrected chi connectivity index (χ0v) is 8.68. The van der Waals surface area contributed by atoms with Crippen LogP contribution in [0.15, 0.2) is 23.3 Å². The maximum absolute atomic E-state index is 5.89. The van der Waals surface area contributed by atoms with Crippen LogP contribution in [-0.2, 0) is 0 Å². The van der Waals surface area contributed by atoms with Gasteiger partial charge in [0.15, 0.2) is 0 Å². The molecule has 0 spiro atoms. The number of benzene rings is 1. The molecule has 0 atom stereocenters. The fraction of sp³-hybridized carbons (Fsp3) is 0. The second-order valence-electron chi connectivity index (χ2n) is 2.45. The van der Waals surface area contributed by atoms with Crippen molar-refractivity contribution in [2.45, 2.75) is 0 Å². The van der Waals surface area contributed by atoms with Crippen LogP contribution in [0.5, 0.6) is 0 Å². The molecule has 0 amide bonds. The van der Waals surface area contributed by atoms with Crippen LogP contribution < -0.4 is 16.6 Å². The summed E-state index contributed by atoms with van der Waals surface area (Å²) in [5.41, 5.74) is 10.9. The summed E-state index contributed by atoms with van der Waals surface area (Å²) in [6.07, 6.45) is 1.55. The second kappa shape index (κ2) is 4.83. The molecule has 0 fully saturated rings. The molecule has 5 N–H and O–H groups in total. The minimum atomic E-state index is -0.0561. The van der Waals surface area contributed by atoms with Crippen LogP contribution in [0.3, 0.4) is 0 Å². The fourth-order valence-electron chi connectivity index (χ4n) is 0.808. The van der Waals surface area contributed by atoms with Crippen molar-refractivity contribution in [1.29, 1.82) is 0 Å². The summed E-state index contributed by atoms with van der Waals surface area (Å²) in [4.78, 5) is 0.